The number of hydrogen-bond acceptors (Lipinski definition) is 4. The number of piperazine rings is 1. The summed E-state index contributed by atoms with van der Waals surface area (Å²) in [6.07, 6.45) is 2.41. The van der Waals surface area contributed by atoms with Gasteiger partial charge in [0, 0.05) is 52.0 Å². The number of hydrogen-bond donors (Lipinski definition) is 1. The van der Waals surface area contributed by atoms with Crippen LogP contribution in [0.5, 0.6) is 0 Å². The second-order valence-corrected chi connectivity index (χ2v) is 6.36. The van der Waals surface area contributed by atoms with Crippen LogP contribution in [0.3, 0.4) is 0 Å². The summed E-state index contributed by atoms with van der Waals surface area (Å²) >= 11 is 0. The normalized spacial score (nSPS) is 29.5. The second-order valence-electron chi connectivity index (χ2n) is 6.36. The number of nitrogens with zero attached hydrogens (tertiary/aromatic N) is 2. The number of nitrogens with one attached hydrogen (secondary N) is 1. The molecule has 0 aliphatic carbocycles. The highest BCUT2D eigenvalue weighted by molar-refractivity contribution is 4.89. The molecule has 0 bridgehead atoms. The first kappa shape index (κ1) is 15.2. The Kier molecular flexibility index (Phi) is 5.63. The maximum absolute atomic E-state index is 5.56. The van der Waals surface area contributed by atoms with Crippen LogP contribution in [0.4, 0.5) is 0 Å². The largest absolute Gasteiger partial charge is 0.381 e. The van der Waals surface area contributed by atoms with E-state index >= 15 is 0 Å². The summed E-state index contributed by atoms with van der Waals surface area (Å²) in [5.41, 5.74) is 0.432. The average Bonchev–Trinajstić information content (AvgIpc) is 2.40. The van der Waals surface area contributed by atoms with E-state index < -0.39 is 0 Å². The molecule has 2 aliphatic rings. The van der Waals surface area contributed by atoms with E-state index in [-0.39, 0.29) is 0 Å². The van der Waals surface area contributed by atoms with Gasteiger partial charge in [-0.15, -0.1) is 0 Å². The van der Waals surface area contributed by atoms with Crippen LogP contribution in [0.15, 0.2) is 0 Å². The Hall–Kier alpha value is -0.160. The molecule has 2 rings (SSSR count). The fourth-order valence-electron chi connectivity index (χ4n) is 3.73. The fourth-order valence-corrected chi connectivity index (χ4v) is 3.73. The zero-order valence-electron chi connectivity index (χ0n) is 13.0. The van der Waals surface area contributed by atoms with E-state index in [1.54, 1.807) is 0 Å². The van der Waals surface area contributed by atoms with Gasteiger partial charge in [-0.2, -0.15) is 0 Å². The molecule has 112 valence electrons. The predicted molar refractivity (Wildman–Crippen MR) is 79.6 cm³/mol. The molecule has 2 heterocycles. The third-order valence-corrected chi connectivity index (χ3v) is 4.92. The monoisotopic (exact) mass is 269 g/mol. The van der Waals surface area contributed by atoms with Gasteiger partial charge in [0.05, 0.1) is 0 Å². The molecule has 0 saturated carbocycles. The van der Waals surface area contributed by atoms with Gasteiger partial charge in [-0.05, 0) is 38.8 Å². The van der Waals surface area contributed by atoms with Crippen LogP contribution in [0.2, 0.25) is 0 Å². The minimum absolute atomic E-state index is 0.432. The molecule has 4 nitrogen and oxygen atoms in total. The number of likely N-dealkylation sites (N-methyl/N-ethyl adjacent to an activating group) is 1. The third kappa shape index (κ3) is 3.91. The minimum atomic E-state index is 0.432. The molecule has 2 fully saturated rings. The van der Waals surface area contributed by atoms with E-state index in [2.05, 4.69) is 36.0 Å². The molecule has 0 amide bonds. The lowest BCUT2D eigenvalue weighted by atomic mass is 9.79. The van der Waals surface area contributed by atoms with E-state index in [9.17, 15) is 0 Å². The molecule has 4 heteroatoms. The van der Waals surface area contributed by atoms with Gasteiger partial charge in [0.1, 0.15) is 0 Å². The maximum Gasteiger partial charge on any atom is 0.0472 e. The van der Waals surface area contributed by atoms with Crippen LogP contribution in [-0.4, -0.2) is 75.4 Å². The van der Waals surface area contributed by atoms with Crippen molar-refractivity contribution >= 4 is 0 Å². The lowest BCUT2D eigenvalue weighted by Crippen LogP contribution is -2.56. The zero-order chi connectivity index (χ0) is 13.7. The lowest BCUT2D eigenvalue weighted by Gasteiger charge is -2.45. The number of rotatable bonds is 5. The quantitative estimate of drug-likeness (QED) is 0.807. The minimum Gasteiger partial charge on any atom is -0.381 e. The van der Waals surface area contributed by atoms with Crippen molar-refractivity contribution in [3.8, 4) is 0 Å². The first-order chi connectivity index (χ1) is 9.19. The molecule has 1 N–H and O–H groups in total. The first-order valence-electron chi connectivity index (χ1n) is 7.88. The van der Waals surface area contributed by atoms with Crippen molar-refractivity contribution in [3.05, 3.63) is 0 Å². The fraction of sp³-hybridized carbons (Fsp3) is 1.00. The molecule has 2 saturated heterocycles. The van der Waals surface area contributed by atoms with Crippen LogP contribution in [-0.2, 0) is 4.74 Å². The van der Waals surface area contributed by atoms with Crippen molar-refractivity contribution in [2.75, 3.05) is 59.5 Å². The van der Waals surface area contributed by atoms with E-state index in [0.29, 0.717) is 11.5 Å². The Morgan fingerprint density at radius 1 is 1.26 bits per heavy atom. The smallest absolute Gasteiger partial charge is 0.0472 e. The van der Waals surface area contributed by atoms with Gasteiger partial charge in [0.25, 0.3) is 0 Å². The highest BCUT2D eigenvalue weighted by Crippen LogP contribution is 2.31. The van der Waals surface area contributed by atoms with Gasteiger partial charge in [0.15, 0.2) is 0 Å². The van der Waals surface area contributed by atoms with Crippen LogP contribution >= 0.6 is 0 Å². The Labute approximate surface area is 118 Å². The van der Waals surface area contributed by atoms with Crippen molar-refractivity contribution in [1.82, 2.24) is 15.1 Å². The highest BCUT2D eigenvalue weighted by atomic mass is 16.5. The topological polar surface area (TPSA) is 27.7 Å². The zero-order valence-corrected chi connectivity index (χ0v) is 13.0. The summed E-state index contributed by atoms with van der Waals surface area (Å²) in [5.74, 6) is 0. The molecule has 0 aromatic carbocycles. The molecule has 19 heavy (non-hydrogen) atoms. The summed E-state index contributed by atoms with van der Waals surface area (Å²) < 4.78 is 5.56. The highest BCUT2D eigenvalue weighted by Gasteiger charge is 2.35. The van der Waals surface area contributed by atoms with Crippen molar-refractivity contribution in [3.63, 3.8) is 0 Å². The Morgan fingerprint density at radius 2 is 2.00 bits per heavy atom. The summed E-state index contributed by atoms with van der Waals surface area (Å²) in [5, 5.41) is 3.41. The van der Waals surface area contributed by atoms with Crippen LogP contribution in [0.1, 0.15) is 26.7 Å². The van der Waals surface area contributed by atoms with Crippen LogP contribution < -0.4 is 5.32 Å². The number of ether oxygens (including phenoxy) is 1. The van der Waals surface area contributed by atoms with Gasteiger partial charge in [0.2, 0.25) is 0 Å². The van der Waals surface area contributed by atoms with Crippen molar-refractivity contribution < 1.29 is 4.74 Å². The van der Waals surface area contributed by atoms with Crippen molar-refractivity contribution in [2.24, 2.45) is 5.41 Å². The Morgan fingerprint density at radius 3 is 2.58 bits per heavy atom. The van der Waals surface area contributed by atoms with E-state index in [0.717, 1.165) is 19.8 Å². The van der Waals surface area contributed by atoms with Crippen LogP contribution in [0, 0.1) is 5.41 Å². The molecule has 0 aromatic rings. The van der Waals surface area contributed by atoms with E-state index in [4.69, 9.17) is 4.74 Å². The van der Waals surface area contributed by atoms with Gasteiger partial charge >= 0.3 is 0 Å². The summed E-state index contributed by atoms with van der Waals surface area (Å²) in [6, 6.07) is 0.699. The van der Waals surface area contributed by atoms with Crippen LogP contribution in [0.25, 0.3) is 0 Å². The molecule has 2 aliphatic heterocycles. The first-order valence-corrected chi connectivity index (χ1v) is 7.88. The Balaban J connectivity index is 1.90. The summed E-state index contributed by atoms with van der Waals surface area (Å²) in [7, 11) is 2.08. The molecule has 0 aromatic heterocycles. The van der Waals surface area contributed by atoms with Gasteiger partial charge in [-0.3, -0.25) is 9.80 Å². The van der Waals surface area contributed by atoms with Gasteiger partial charge in [-0.25, -0.2) is 0 Å². The molecule has 1 unspecified atom stereocenters. The van der Waals surface area contributed by atoms with Crippen molar-refractivity contribution in [1.29, 1.82) is 0 Å². The molecular formula is C15H31N3O. The lowest BCUT2D eigenvalue weighted by molar-refractivity contribution is -0.0177. The molecule has 0 radical (unpaired) electrons. The second kappa shape index (κ2) is 7.02. The summed E-state index contributed by atoms with van der Waals surface area (Å²) in [6.45, 7) is 13.7. The van der Waals surface area contributed by atoms with E-state index in [1.165, 1.54) is 45.6 Å². The maximum atomic E-state index is 5.56. The SMILES string of the molecule is CCN1CCN(CC2(CNC)CCOCC2)CC1C. The third-order valence-electron chi connectivity index (χ3n) is 4.92. The standard InChI is InChI=1S/C15H31N3O/c1-4-18-8-7-17(11-14(18)2)13-15(12-16-3)5-9-19-10-6-15/h14,16H,4-13H2,1-3H3. The summed E-state index contributed by atoms with van der Waals surface area (Å²) in [4.78, 5) is 5.27. The molecular weight excluding hydrogens is 238 g/mol. The molecule has 0 spiro atoms. The van der Waals surface area contributed by atoms with Gasteiger partial charge in [-0.1, -0.05) is 6.92 Å². The van der Waals surface area contributed by atoms with Crippen molar-refractivity contribution in [2.45, 2.75) is 32.7 Å². The Bertz CT molecular complexity index is 261. The average molecular weight is 269 g/mol. The van der Waals surface area contributed by atoms with E-state index in [1.807, 2.05) is 0 Å². The van der Waals surface area contributed by atoms with Gasteiger partial charge < -0.3 is 10.1 Å². The molecule has 1 atom stereocenters. The predicted octanol–water partition coefficient (Wildman–Crippen LogP) is 1.03.